The number of hydrogen-bond donors (Lipinski definition) is 1. The molecule has 4 atom stereocenters. The van der Waals surface area contributed by atoms with Crippen LogP contribution in [0.5, 0.6) is 0 Å². The maximum absolute atomic E-state index is 13.6. The van der Waals surface area contributed by atoms with Crippen molar-refractivity contribution in [3.05, 3.63) is 44.6 Å². The van der Waals surface area contributed by atoms with Crippen molar-refractivity contribution < 1.29 is 54.5 Å². The van der Waals surface area contributed by atoms with Crippen LogP contribution in [0.25, 0.3) is 0 Å². The van der Waals surface area contributed by atoms with Crippen molar-refractivity contribution in [3.8, 4) is 0 Å². The number of carbonyl (C=O) groups is 1. The number of likely N-dealkylation sites (N-methyl/N-ethyl adjacent to an activating group) is 1. The predicted molar refractivity (Wildman–Crippen MR) is 99.1 cm³/mol. The van der Waals surface area contributed by atoms with E-state index in [4.69, 9.17) is 23.2 Å². The molecular formula is C19H22BrNO4S2. The number of nitrogens with zero attached hydrogens (tertiary/aromatic N) is 1. The van der Waals surface area contributed by atoms with Crippen LogP contribution >= 0.6 is 22.7 Å². The lowest BCUT2D eigenvalue weighted by molar-refractivity contribution is -0.938. The van der Waals surface area contributed by atoms with Gasteiger partial charge in [0.25, 0.3) is 0 Å². The summed E-state index contributed by atoms with van der Waals surface area (Å²) in [6, 6.07) is -6.13. The molecular weight excluding hydrogens is 450 g/mol. The highest BCUT2D eigenvalue weighted by molar-refractivity contribution is 7.12. The van der Waals surface area contributed by atoms with Gasteiger partial charge in [0, 0.05) is 12.8 Å². The van der Waals surface area contributed by atoms with Crippen LogP contribution in [0.15, 0.2) is 34.9 Å². The summed E-state index contributed by atoms with van der Waals surface area (Å²) in [6.07, 6.45) is -5.89. The Morgan fingerprint density at radius 1 is 1.26 bits per heavy atom. The fourth-order valence-corrected chi connectivity index (χ4v) is 4.92. The van der Waals surface area contributed by atoms with Gasteiger partial charge in [-0.3, -0.25) is 0 Å². The zero-order chi connectivity index (χ0) is 27.0. The Morgan fingerprint density at radius 3 is 2.22 bits per heavy atom. The molecule has 3 fully saturated rings. The molecule has 8 heteroatoms. The van der Waals surface area contributed by atoms with Gasteiger partial charge in [-0.15, -0.1) is 22.7 Å². The molecule has 5 nitrogen and oxygen atoms in total. The van der Waals surface area contributed by atoms with E-state index in [0.29, 0.717) is 22.7 Å². The normalized spacial score (nSPS) is 49.2. The molecule has 0 aromatic carbocycles. The highest BCUT2D eigenvalue weighted by Gasteiger charge is 2.71. The number of aliphatic hydroxyl groups is 1. The first kappa shape index (κ1) is 10.8. The van der Waals surface area contributed by atoms with Gasteiger partial charge in [-0.25, -0.2) is 4.79 Å². The molecule has 0 aliphatic carbocycles. The van der Waals surface area contributed by atoms with Gasteiger partial charge >= 0.3 is 5.97 Å². The van der Waals surface area contributed by atoms with Crippen molar-refractivity contribution in [2.75, 3.05) is 14.1 Å². The molecule has 146 valence electrons. The summed E-state index contributed by atoms with van der Waals surface area (Å²) in [6.45, 7) is 0. The topological polar surface area (TPSA) is 59.1 Å². The van der Waals surface area contributed by atoms with Crippen LogP contribution in [0.3, 0.4) is 0 Å². The molecule has 0 amide bonds. The average Bonchev–Trinajstić information content (AvgIpc) is 3.17. The molecule has 5 heterocycles. The van der Waals surface area contributed by atoms with Crippen molar-refractivity contribution in [2.24, 2.45) is 0 Å². The minimum absolute atomic E-state index is 0. The number of esters is 1. The van der Waals surface area contributed by atoms with Crippen LogP contribution in [-0.2, 0) is 19.9 Å². The average molecular weight is 482 g/mol. The lowest BCUT2D eigenvalue weighted by Crippen LogP contribution is -3.00. The summed E-state index contributed by atoms with van der Waals surface area (Å²) >= 11 is 0.919. The zero-order valence-corrected chi connectivity index (χ0v) is 17.5. The van der Waals surface area contributed by atoms with Crippen molar-refractivity contribution in [1.82, 2.24) is 0 Å². The number of thiophene rings is 2. The largest absolute Gasteiger partial charge is 1.00 e. The molecule has 0 radical (unpaired) electrons. The lowest BCUT2D eigenvalue weighted by atomic mass is 9.95. The van der Waals surface area contributed by atoms with E-state index in [2.05, 4.69) is 0 Å². The molecule has 2 aromatic rings. The van der Waals surface area contributed by atoms with Gasteiger partial charge in [-0.2, -0.15) is 0 Å². The number of quaternary nitrogens is 1. The summed E-state index contributed by atoms with van der Waals surface area (Å²) in [7, 11) is 3.09. The minimum Gasteiger partial charge on any atom is -1.00 e. The van der Waals surface area contributed by atoms with E-state index in [0.717, 1.165) is 0 Å². The molecule has 3 aliphatic heterocycles. The molecule has 0 saturated carbocycles. The first-order valence-electron chi connectivity index (χ1n) is 13.0. The molecule has 5 rings (SSSR count). The molecule has 0 spiro atoms. The van der Waals surface area contributed by atoms with Gasteiger partial charge in [0.05, 0.1) is 37.6 Å². The van der Waals surface area contributed by atoms with Gasteiger partial charge in [0.15, 0.2) is 0 Å². The smallest absolute Gasteiger partial charge is 0.349 e. The van der Waals surface area contributed by atoms with Crippen LogP contribution in [0.1, 0.15) is 36.3 Å². The molecule has 4 unspecified atom stereocenters. The summed E-state index contributed by atoms with van der Waals surface area (Å²) in [5.74, 6) is -1.41. The maximum Gasteiger partial charge on any atom is 0.349 e. The first-order valence-corrected chi connectivity index (χ1v) is 9.59. The summed E-state index contributed by atoms with van der Waals surface area (Å²) in [4.78, 5) is 12.7. The number of ether oxygens (including phenoxy) is 2. The van der Waals surface area contributed by atoms with Crippen LogP contribution in [0, 0.1) is 0 Å². The number of halogens is 1. The fraction of sp³-hybridized carbons (Fsp3) is 0.526. The summed E-state index contributed by atoms with van der Waals surface area (Å²) in [5, 5.41) is 10.9. The number of piperidine rings is 1. The van der Waals surface area contributed by atoms with Gasteiger partial charge < -0.3 is 36.0 Å². The minimum atomic E-state index is -2.89. The number of fused-ring (bicyclic) bond motifs is 5. The number of morpholine rings is 1. The highest BCUT2D eigenvalue weighted by Crippen LogP contribution is 2.52. The van der Waals surface area contributed by atoms with Gasteiger partial charge in [0.1, 0.15) is 30.3 Å². The van der Waals surface area contributed by atoms with E-state index >= 15 is 0 Å². The lowest BCUT2D eigenvalue weighted by Gasteiger charge is -2.45. The quantitative estimate of drug-likeness (QED) is 0.358. The Bertz CT molecular complexity index is 1260. The van der Waals surface area contributed by atoms with Crippen molar-refractivity contribution in [2.45, 2.75) is 48.7 Å². The van der Waals surface area contributed by atoms with E-state index < -0.39 is 86.5 Å². The van der Waals surface area contributed by atoms with Crippen LogP contribution in [0.2, 0.25) is 0 Å². The number of epoxide rings is 1. The van der Waals surface area contributed by atoms with Crippen LogP contribution in [-0.4, -0.2) is 60.0 Å². The number of hydrogen-bond acceptors (Lipinski definition) is 6. The summed E-state index contributed by atoms with van der Waals surface area (Å²) in [5.41, 5.74) is -2.89. The van der Waals surface area contributed by atoms with Crippen molar-refractivity contribution in [3.63, 3.8) is 0 Å². The molecule has 1 N–H and O–H groups in total. The first-order chi connectivity index (χ1) is 16.3. The zero-order valence-electron chi connectivity index (χ0n) is 24.3. The molecule has 2 aromatic heterocycles. The van der Waals surface area contributed by atoms with Gasteiger partial charge in [0.2, 0.25) is 5.60 Å². The van der Waals surface area contributed by atoms with E-state index in [1.54, 1.807) is 14.1 Å². The number of rotatable bonds is 4. The third-order valence-electron chi connectivity index (χ3n) is 5.07. The Hall–Kier alpha value is -0.770. The molecule has 3 saturated heterocycles. The Balaban J connectivity index is 0.00000320. The molecule has 27 heavy (non-hydrogen) atoms. The van der Waals surface area contributed by atoms with E-state index in [1.807, 2.05) is 0 Å². The van der Waals surface area contributed by atoms with Gasteiger partial charge in [-0.05, 0) is 22.8 Å². The van der Waals surface area contributed by atoms with E-state index in [9.17, 15) is 9.90 Å². The van der Waals surface area contributed by atoms with E-state index in [-0.39, 0.29) is 34.3 Å². The van der Waals surface area contributed by atoms with Gasteiger partial charge in [-0.1, -0.05) is 12.1 Å². The summed E-state index contributed by atoms with van der Waals surface area (Å²) < 4.78 is 93.5. The standard InChI is InChI=1S/C19H22NO4S2.BrH/c1-20(2)12-9-11(10-13(20)17-16(12)24-17)23-18(21)19(22,14-5-3-7-25-14)15-6-4-8-26-15;/h3-8,11-13,16-17,22H,9-10H2,1-2H3;1H/q+1;/p-1/i3D,4D,5D,6D,7D,8D,12D,13D,16D,17D;. The van der Waals surface area contributed by atoms with Crippen molar-refractivity contribution >= 4 is 28.6 Å². The second-order valence-corrected chi connectivity index (χ2v) is 8.45. The van der Waals surface area contributed by atoms with E-state index in [1.165, 1.54) is 0 Å². The third-order valence-corrected chi connectivity index (χ3v) is 6.68. The highest BCUT2D eigenvalue weighted by atomic mass is 79.9. The van der Waals surface area contributed by atoms with Crippen LogP contribution < -0.4 is 17.0 Å². The maximum atomic E-state index is 13.6. The van der Waals surface area contributed by atoms with Crippen LogP contribution in [0.4, 0.5) is 0 Å². The third kappa shape index (κ3) is 2.84. The second-order valence-electron chi connectivity index (χ2n) is 6.82. The molecule has 2 bridgehead atoms. The second kappa shape index (κ2) is 6.64. The predicted octanol–water partition coefficient (Wildman–Crippen LogP) is -0.650. The Kier molecular flexibility index (Phi) is 2.67. The monoisotopic (exact) mass is 481 g/mol. The Labute approximate surface area is 190 Å². The number of carbonyl (C=O) groups excluding carboxylic acids is 1. The Morgan fingerprint density at radius 2 is 1.78 bits per heavy atom. The fourth-order valence-electron chi connectivity index (χ4n) is 3.58. The SMILES string of the molecule is [2H]c1sc(C(O)(C(=O)OC2CC3([2H])C4([2H])OC4([2H])C([2H])(C2)[N+]3(C)C)c2sc([2H])c([2H])c2[2H])c([2H])c1[2H].[Br-]. The van der Waals surface area contributed by atoms with Crippen molar-refractivity contribution in [1.29, 1.82) is 0 Å². The molecule has 3 aliphatic rings.